The van der Waals surface area contributed by atoms with Crippen molar-refractivity contribution in [2.24, 2.45) is 0 Å². The van der Waals surface area contributed by atoms with Gasteiger partial charge in [-0.25, -0.2) is 18.4 Å². The van der Waals surface area contributed by atoms with Crippen LogP contribution in [0.5, 0.6) is 0 Å². The molecule has 3 rings (SSSR count). The second kappa shape index (κ2) is 3.84. The zero-order chi connectivity index (χ0) is 12.8. The number of nitrogens with zero attached hydrogens (tertiary/aromatic N) is 3. The fraction of sp³-hybridized carbons (Fsp3) is 0.333. The summed E-state index contributed by atoms with van der Waals surface area (Å²) in [6.45, 7) is 2.13. The zero-order valence-corrected chi connectivity index (χ0v) is 9.68. The summed E-state index contributed by atoms with van der Waals surface area (Å²) in [5.74, 6) is -0.951. The Morgan fingerprint density at radius 1 is 1.44 bits per heavy atom. The second-order valence-electron chi connectivity index (χ2n) is 4.37. The number of halogens is 2. The molecule has 1 saturated heterocycles. The molecule has 0 radical (unpaired) electrons. The topological polar surface area (TPSA) is 43.2 Å². The summed E-state index contributed by atoms with van der Waals surface area (Å²) in [5.41, 5.74) is -0.620. The van der Waals surface area contributed by atoms with Gasteiger partial charge in [-0.05, 0) is 25.1 Å². The van der Waals surface area contributed by atoms with Gasteiger partial charge in [0, 0.05) is 5.56 Å². The summed E-state index contributed by atoms with van der Waals surface area (Å²) in [4.78, 5) is 3.82. The maximum absolute atomic E-state index is 13.8. The third-order valence-corrected chi connectivity index (χ3v) is 3.23. The molecule has 0 aliphatic carbocycles. The number of hydrogen-bond donors (Lipinski definition) is 0. The predicted molar refractivity (Wildman–Crippen MR) is 58.6 cm³/mol. The minimum absolute atomic E-state index is 0.182. The molecule has 0 amide bonds. The zero-order valence-electron chi connectivity index (χ0n) is 9.68. The molecule has 1 aliphatic heterocycles. The molecule has 0 unspecified atom stereocenters. The minimum Gasteiger partial charge on any atom is -0.359 e. The van der Waals surface area contributed by atoms with Crippen LogP contribution < -0.4 is 0 Å². The summed E-state index contributed by atoms with van der Waals surface area (Å²) in [5, 5.41) is 3.96. The Morgan fingerprint density at radius 3 is 2.83 bits per heavy atom. The van der Waals surface area contributed by atoms with Gasteiger partial charge in [-0.2, -0.15) is 5.10 Å². The Labute approximate surface area is 102 Å². The van der Waals surface area contributed by atoms with Gasteiger partial charge in [-0.3, -0.25) is 0 Å². The molecule has 1 aliphatic rings. The Balaban J connectivity index is 1.99. The van der Waals surface area contributed by atoms with Gasteiger partial charge in [-0.1, -0.05) is 0 Å². The predicted octanol–water partition coefficient (Wildman–Crippen LogP) is 1.87. The van der Waals surface area contributed by atoms with E-state index in [1.807, 2.05) is 6.92 Å². The van der Waals surface area contributed by atoms with Crippen LogP contribution >= 0.6 is 0 Å². The van der Waals surface area contributed by atoms with E-state index in [0.29, 0.717) is 6.54 Å². The minimum atomic E-state index is -0.847. The number of hydrogen-bond acceptors (Lipinski definition) is 3. The average Bonchev–Trinajstić information content (AvgIpc) is 2.77. The van der Waals surface area contributed by atoms with E-state index in [4.69, 9.17) is 4.74 Å². The fourth-order valence-corrected chi connectivity index (χ4v) is 2.19. The van der Waals surface area contributed by atoms with Crippen LogP contribution in [0, 0.1) is 11.6 Å². The molecule has 1 aromatic carbocycles. The summed E-state index contributed by atoms with van der Waals surface area (Å²) in [7, 11) is 0. The highest BCUT2D eigenvalue weighted by molar-refractivity contribution is 5.31. The smallest absolute Gasteiger partial charge is 0.142 e. The van der Waals surface area contributed by atoms with E-state index in [2.05, 4.69) is 10.1 Å². The number of aromatic nitrogens is 3. The van der Waals surface area contributed by atoms with Crippen molar-refractivity contribution in [3.05, 3.63) is 48.1 Å². The third kappa shape index (κ3) is 1.69. The monoisotopic (exact) mass is 251 g/mol. The van der Waals surface area contributed by atoms with Crippen LogP contribution in [0.3, 0.4) is 0 Å². The largest absolute Gasteiger partial charge is 0.359 e. The SMILES string of the molecule is C[C@H]1O[C@]1(Cn1cncn1)c1cc(F)ccc1F. The molecule has 2 aromatic rings. The molecule has 0 saturated carbocycles. The van der Waals surface area contributed by atoms with Gasteiger partial charge in [-0.15, -0.1) is 0 Å². The highest BCUT2D eigenvalue weighted by atomic mass is 19.1. The molecule has 2 atom stereocenters. The molecule has 0 spiro atoms. The Hall–Kier alpha value is -1.82. The second-order valence-corrected chi connectivity index (χ2v) is 4.37. The molecule has 18 heavy (non-hydrogen) atoms. The first kappa shape index (κ1) is 11.3. The first-order chi connectivity index (χ1) is 8.62. The molecule has 0 N–H and O–H groups in total. The van der Waals surface area contributed by atoms with E-state index >= 15 is 0 Å². The van der Waals surface area contributed by atoms with E-state index < -0.39 is 17.2 Å². The van der Waals surface area contributed by atoms with Crippen LogP contribution in [-0.2, 0) is 16.9 Å². The number of benzene rings is 1. The maximum Gasteiger partial charge on any atom is 0.142 e. The summed E-state index contributed by atoms with van der Waals surface area (Å²) in [6.07, 6.45) is 2.73. The molecule has 6 heteroatoms. The quantitative estimate of drug-likeness (QED) is 0.782. The normalized spacial score (nSPS) is 26.3. The summed E-state index contributed by atoms with van der Waals surface area (Å²) < 4.78 is 34.1. The van der Waals surface area contributed by atoms with E-state index in [1.54, 1.807) is 4.68 Å². The Kier molecular flexibility index (Phi) is 2.41. The summed E-state index contributed by atoms with van der Waals surface area (Å²) in [6, 6.07) is 3.38. The van der Waals surface area contributed by atoms with Crippen LogP contribution in [0.25, 0.3) is 0 Å². The maximum atomic E-state index is 13.8. The van der Waals surface area contributed by atoms with Crippen molar-refractivity contribution in [3.8, 4) is 0 Å². The molecule has 2 heterocycles. The number of rotatable bonds is 3. The van der Waals surface area contributed by atoms with Gasteiger partial charge in [0.05, 0.1) is 12.6 Å². The van der Waals surface area contributed by atoms with Crippen LogP contribution in [0.4, 0.5) is 8.78 Å². The highest BCUT2D eigenvalue weighted by Gasteiger charge is 2.56. The van der Waals surface area contributed by atoms with Gasteiger partial charge in [0.15, 0.2) is 0 Å². The van der Waals surface area contributed by atoms with Crippen molar-refractivity contribution in [2.45, 2.75) is 25.2 Å². The van der Waals surface area contributed by atoms with E-state index in [1.165, 1.54) is 18.7 Å². The lowest BCUT2D eigenvalue weighted by molar-refractivity contribution is 0.257. The molecule has 94 valence electrons. The van der Waals surface area contributed by atoms with Crippen molar-refractivity contribution < 1.29 is 13.5 Å². The van der Waals surface area contributed by atoms with Gasteiger partial charge < -0.3 is 4.74 Å². The molecule has 0 bridgehead atoms. The van der Waals surface area contributed by atoms with E-state index in [9.17, 15) is 8.78 Å². The number of ether oxygens (including phenoxy) is 1. The summed E-state index contributed by atoms with van der Waals surface area (Å²) >= 11 is 0. The molecule has 4 nitrogen and oxygen atoms in total. The van der Waals surface area contributed by atoms with Gasteiger partial charge >= 0.3 is 0 Å². The van der Waals surface area contributed by atoms with Crippen LogP contribution in [0.2, 0.25) is 0 Å². The van der Waals surface area contributed by atoms with Crippen LogP contribution in [-0.4, -0.2) is 20.9 Å². The van der Waals surface area contributed by atoms with Crippen molar-refractivity contribution in [2.75, 3.05) is 0 Å². The molecule has 1 aromatic heterocycles. The van der Waals surface area contributed by atoms with E-state index in [-0.39, 0.29) is 11.7 Å². The van der Waals surface area contributed by atoms with Gasteiger partial charge in [0.1, 0.15) is 29.9 Å². The lowest BCUT2D eigenvalue weighted by Gasteiger charge is -2.14. The van der Waals surface area contributed by atoms with Crippen LogP contribution in [0.1, 0.15) is 12.5 Å². The fourth-order valence-electron chi connectivity index (χ4n) is 2.19. The van der Waals surface area contributed by atoms with Crippen molar-refractivity contribution in [3.63, 3.8) is 0 Å². The molecular formula is C12H11F2N3O. The standard InChI is InChI=1S/C12H11F2N3O/c1-8-12(18-8,5-17-7-15-6-16-17)10-4-9(13)2-3-11(10)14/h2-4,6-8H,5H2,1H3/t8-,12+/m1/s1. The van der Waals surface area contributed by atoms with Crippen molar-refractivity contribution in [1.82, 2.24) is 14.8 Å². The first-order valence-electron chi connectivity index (χ1n) is 5.57. The lowest BCUT2D eigenvalue weighted by Crippen LogP contribution is -2.22. The lowest BCUT2D eigenvalue weighted by atomic mass is 9.95. The van der Waals surface area contributed by atoms with E-state index in [0.717, 1.165) is 12.1 Å². The van der Waals surface area contributed by atoms with Gasteiger partial charge in [0.2, 0.25) is 0 Å². The Morgan fingerprint density at radius 2 is 2.22 bits per heavy atom. The van der Waals surface area contributed by atoms with Crippen molar-refractivity contribution in [1.29, 1.82) is 0 Å². The highest BCUT2D eigenvalue weighted by Crippen LogP contribution is 2.48. The number of epoxide rings is 1. The first-order valence-corrected chi connectivity index (χ1v) is 5.57. The third-order valence-electron chi connectivity index (χ3n) is 3.23. The van der Waals surface area contributed by atoms with Gasteiger partial charge in [0.25, 0.3) is 0 Å². The van der Waals surface area contributed by atoms with Crippen LogP contribution in [0.15, 0.2) is 30.9 Å². The molecular weight excluding hydrogens is 240 g/mol. The Bertz CT molecular complexity index is 573. The average molecular weight is 251 g/mol. The van der Waals surface area contributed by atoms with Crippen molar-refractivity contribution >= 4 is 0 Å². The molecule has 1 fully saturated rings.